The lowest BCUT2D eigenvalue weighted by Crippen LogP contribution is -2.39. The molecule has 0 heterocycles. The summed E-state index contributed by atoms with van der Waals surface area (Å²) in [7, 11) is 0. The van der Waals surface area contributed by atoms with Gasteiger partial charge in [-0.05, 0) is 26.2 Å². The zero-order chi connectivity index (χ0) is 11.1. The van der Waals surface area contributed by atoms with E-state index in [1.54, 1.807) is 0 Å². The van der Waals surface area contributed by atoms with Crippen LogP contribution in [0.4, 0.5) is 0 Å². The van der Waals surface area contributed by atoms with Gasteiger partial charge in [0.25, 0.3) is 5.97 Å². The minimum atomic E-state index is -0.833. The topological polar surface area (TPSA) is 63.3 Å². The Balaban J connectivity index is 0. The molecule has 0 rings (SSSR count). The van der Waals surface area contributed by atoms with Crippen LogP contribution in [0.25, 0.3) is 0 Å². The van der Waals surface area contributed by atoms with Gasteiger partial charge in [-0.2, -0.15) is 0 Å². The number of nitrogens with two attached hydrogens (primary N) is 1. The lowest BCUT2D eigenvalue weighted by molar-refractivity contribution is -0.134. The fourth-order valence-electron chi connectivity index (χ4n) is 0.805. The summed E-state index contributed by atoms with van der Waals surface area (Å²) in [5.74, 6) is -0.192. The van der Waals surface area contributed by atoms with E-state index in [1.807, 2.05) is 0 Å². The van der Waals surface area contributed by atoms with Crippen molar-refractivity contribution in [2.24, 2.45) is 11.7 Å². The molecule has 13 heavy (non-hydrogen) atoms. The molecule has 3 N–H and O–H groups in total. The molecule has 0 aromatic carbocycles. The molecule has 3 nitrogen and oxygen atoms in total. The minimum Gasteiger partial charge on any atom is -0.481 e. The van der Waals surface area contributed by atoms with Crippen LogP contribution in [0, 0.1) is 5.92 Å². The van der Waals surface area contributed by atoms with E-state index in [2.05, 4.69) is 27.7 Å². The Morgan fingerprint density at radius 1 is 1.54 bits per heavy atom. The van der Waals surface area contributed by atoms with Crippen molar-refractivity contribution >= 4 is 5.97 Å². The van der Waals surface area contributed by atoms with E-state index < -0.39 is 5.97 Å². The number of carboxylic acid groups (broad SMARTS) is 1. The zero-order valence-corrected chi connectivity index (χ0v) is 9.42. The summed E-state index contributed by atoms with van der Waals surface area (Å²) < 4.78 is 0. The van der Waals surface area contributed by atoms with Crippen LogP contribution >= 0.6 is 0 Å². The maximum Gasteiger partial charge on any atom is 0.300 e. The van der Waals surface area contributed by atoms with Gasteiger partial charge in [-0.3, -0.25) is 4.79 Å². The van der Waals surface area contributed by atoms with Gasteiger partial charge in [-0.25, -0.2) is 0 Å². The first-order valence-electron chi connectivity index (χ1n) is 4.70. The maximum absolute atomic E-state index is 9.00. The molecule has 0 aromatic heterocycles. The summed E-state index contributed by atoms with van der Waals surface area (Å²) in [6.45, 7) is 9.67. The molecule has 80 valence electrons. The average molecular weight is 189 g/mol. The van der Waals surface area contributed by atoms with E-state index in [0.717, 1.165) is 6.92 Å². The predicted octanol–water partition coefficient (Wildman–Crippen LogP) is 2.25. The summed E-state index contributed by atoms with van der Waals surface area (Å²) in [5.41, 5.74) is 5.87. The molecule has 0 radical (unpaired) electrons. The molecule has 0 amide bonds. The molecule has 1 unspecified atom stereocenters. The van der Waals surface area contributed by atoms with Crippen LogP contribution in [0.15, 0.2) is 0 Å². The number of carboxylic acids is 1. The molecule has 0 aliphatic heterocycles. The molecule has 0 bridgehead atoms. The second kappa shape index (κ2) is 6.89. The normalized spacial score (nSPS) is 12.8. The molecule has 0 saturated carbocycles. The van der Waals surface area contributed by atoms with Gasteiger partial charge in [0.2, 0.25) is 0 Å². The van der Waals surface area contributed by atoms with Gasteiger partial charge in [0.15, 0.2) is 0 Å². The minimum absolute atomic E-state index is 0.00993. The maximum atomic E-state index is 9.00. The van der Waals surface area contributed by atoms with Crippen molar-refractivity contribution in [3.05, 3.63) is 0 Å². The highest BCUT2D eigenvalue weighted by Gasteiger charge is 2.18. The Morgan fingerprint density at radius 3 is 1.92 bits per heavy atom. The number of rotatable bonds is 3. The smallest absolute Gasteiger partial charge is 0.300 e. The SMILES string of the molecule is CC(=O)O.CCCC(C)C(C)(C)N. The van der Waals surface area contributed by atoms with Crippen LogP contribution in [0.5, 0.6) is 0 Å². The quantitative estimate of drug-likeness (QED) is 0.715. The molecule has 1 atom stereocenters. The first-order valence-corrected chi connectivity index (χ1v) is 4.70. The van der Waals surface area contributed by atoms with Crippen LogP contribution in [-0.4, -0.2) is 16.6 Å². The molecule has 0 saturated heterocycles. The van der Waals surface area contributed by atoms with Crippen LogP contribution in [0.1, 0.15) is 47.5 Å². The fourth-order valence-corrected chi connectivity index (χ4v) is 0.805. The number of carbonyl (C=O) groups is 1. The Labute approximate surface area is 81.3 Å². The van der Waals surface area contributed by atoms with Crippen molar-refractivity contribution in [3.8, 4) is 0 Å². The van der Waals surface area contributed by atoms with Crippen molar-refractivity contribution < 1.29 is 9.90 Å². The van der Waals surface area contributed by atoms with Gasteiger partial charge in [-0.1, -0.05) is 20.3 Å². The molecule has 0 aliphatic carbocycles. The summed E-state index contributed by atoms with van der Waals surface area (Å²) in [6.07, 6.45) is 2.48. The van der Waals surface area contributed by atoms with Crippen molar-refractivity contribution in [2.75, 3.05) is 0 Å². The lowest BCUT2D eigenvalue weighted by Gasteiger charge is -2.26. The van der Waals surface area contributed by atoms with E-state index in [4.69, 9.17) is 15.6 Å². The van der Waals surface area contributed by atoms with E-state index in [9.17, 15) is 0 Å². The van der Waals surface area contributed by atoms with Crippen molar-refractivity contribution in [2.45, 2.75) is 53.0 Å². The van der Waals surface area contributed by atoms with Gasteiger partial charge in [0.05, 0.1) is 0 Å². The highest BCUT2D eigenvalue weighted by atomic mass is 16.4. The van der Waals surface area contributed by atoms with Crippen molar-refractivity contribution in [3.63, 3.8) is 0 Å². The van der Waals surface area contributed by atoms with Crippen molar-refractivity contribution in [1.82, 2.24) is 0 Å². The third-order valence-corrected chi connectivity index (χ3v) is 1.99. The van der Waals surface area contributed by atoms with Crippen LogP contribution in [-0.2, 0) is 4.79 Å². The van der Waals surface area contributed by atoms with E-state index in [0.29, 0.717) is 5.92 Å². The predicted molar refractivity (Wildman–Crippen MR) is 55.6 cm³/mol. The second-order valence-electron chi connectivity index (χ2n) is 4.03. The van der Waals surface area contributed by atoms with E-state index in [-0.39, 0.29) is 5.54 Å². The van der Waals surface area contributed by atoms with Crippen LogP contribution < -0.4 is 5.73 Å². The zero-order valence-electron chi connectivity index (χ0n) is 9.42. The Morgan fingerprint density at radius 2 is 1.85 bits per heavy atom. The van der Waals surface area contributed by atoms with Gasteiger partial charge in [0.1, 0.15) is 0 Å². The Bertz CT molecular complexity index is 134. The third-order valence-electron chi connectivity index (χ3n) is 1.99. The summed E-state index contributed by atoms with van der Waals surface area (Å²) in [6, 6.07) is 0. The van der Waals surface area contributed by atoms with Crippen molar-refractivity contribution in [1.29, 1.82) is 0 Å². The summed E-state index contributed by atoms with van der Waals surface area (Å²) in [5, 5.41) is 7.42. The van der Waals surface area contributed by atoms with Gasteiger partial charge in [-0.15, -0.1) is 0 Å². The molecular formula is C10H23NO2. The second-order valence-corrected chi connectivity index (χ2v) is 4.03. The third kappa shape index (κ3) is 14.3. The lowest BCUT2D eigenvalue weighted by atomic mass is 9.87. The van der Waals surface area contributed by atoms with Crippen LogP contribution in [0.2, 0.25) is 0 Å². The summed E-state index contributed by atoms with van der Waals surface area (Å²) >= 11 is 0. The molecule has 0 fully saturated rings. The number of hydrogen-bond acceptors (Lipinski definition) is 2. The van der Waals surface area contributed by atoms with E-state index >= 15 is 0 Å². The molecule has 0 spiro atoms. The van der Waals surface area contributed by atoms with Crippen LogP contribution in [0.3, 0.4) is 0 Å². The molecule has 0 aromatic rings. The highest BCUT2D eigenvalue weighted by molar-refractivity contribution is 5.62. The van der Waals surface area contributed by atoms with E-state index in [1.165, 1.54) is 12.8 Å². The monoisotopic (exact) mass is 189 g/mol. The molecule has 3 heteroatoms. The highest BCUT2D eigenvalue weighted by Crippen LogP contribution is 2.17. The Hall–Kier alpha value is -0.570. The molecule has 0 aliphatic rings. The van der Waals surface area contributed by atoms with Gasteiger partial charge >= 0.3 is 0 Å². The largest absolute Gasteiger partial charge is 0.481 e. The van der Waals surface area contributed by atoms with Gasteiger partial charge in [0, 0.05) is 12.5 Å². The fraction of sp³-hybridized carbons (Fsp3) is 0.900. The molecular weight excluding hydrogens is 166 g/mol. The average Bonchev–Trinajstić information content (AvgIpc) is 1.84. The first kappa shape index (κ1) is 14.9. The standard InChI is InChI=1S/C8H19N.C2H4O2/c1-5-6-7(2)8(3,4)9;1-2(3)4/h7H,5-6,9H2,1-4H3;1H3,(H,3,4). The first-order chi connectivity index (χ1) is 5.71. The van der Waals surface area contributed by atoms with Gasteiger partial charge < -0.3 is 10.8 Å². The summed E-state index contributed by atoms with van der Waals surface area (Å²) in [4.78, 5) is 9.00. The Kier molecular flexibility index (Phi) is 7.92. The number of aliphatic carboxylic acids is 1. The number of hydrogen-bond donors (Lipinski definition) is 2.